The minimum absolute atomic E-state index is 0.323. The fraction of sp³-hybridized carbons (Fsp3) is 0.769. The predicted molar refractivity (Wildman–Crippen MR) is 65.9 cm³/mol. The van der Waals surface area contributed by atoms with Gasteiger partial charge in [-0.25, -0.2) is 4.98 Å². The summed E-state index contributed by atoms with van der Waals surface area (Å²) in [5.41, 5.74) is -1.83. The Hall–Kier alpha value is -1.08. The van der Waals surface area contributed by atoms with E-state index in [-0.39, 0.29) is 0 Å². The summed E-state index contributed by atoms with van der Waals surface area (Å²) in [5.74, 6) is -0.173. The maximum Gasteiger partial charge on any atom is 0.417 e. The molecule has 1 atom stereocenters. The summed E-state index contributed by atoms with van der Waals surface area (Å²) in [6.07, 6.45) is -2.37. The number of aryl methyl sites for hydroxylation is 1. The van der Waals surface area contributed by atoms with Gasteiger partial charge in [-0.3, -0.25) is 4.90 Å². The number of oxazole rings is 1. The van der Waals surface area contributed by atoms with Crippen molar-refractivity contribution in [3.8, 4) is 0 Å². The molecule has 2 rings (SSSR count). The average Bonchev–Trinajstić information content (AvgIpc) is 2.74. The van der Waals surface area contributed by atoms with Gasteiger partial charge in [-0.15, -0.1) is 0 Å². The largest absolute Gasteiger partial charge is 0.449 e. The second-order valence-electron chi connectivity index (χ2n) is 5.55. The molecule has 0 saturated carbocycles. The Kier molecular flexibility index (Phi) is 4.11. The first kappa shape index (κ1) is 15.3. The zero-order valence-electron chi connectivity index (χ0n) is 11.6. The van der Waals surface area contributed by atoms with Gasteiger partial charge in [0.15, 0.2) is 11.5 Å². The van der Waals surface area contributed by atoms with E-state index in [0.29, 0.717) is 38.4 Å². The van der Waals surface area contributed by atoms with E-state index in [9.17, 15) is 18.3 Å². The number of halogens is 3. The number of nitrogens with zero attached hydrogens (tertiary/aromatic N) is 2. The van der Waals surface area contributed by atoms with Crippen molar-refractivity contribution in [3.63, 3.8) is 0 Å². The van der Waals surface area contributed by atoms with Gasteiger partial charge >= 0.3 is 6.18 Å². The lowest BCUT2D eigenvalue weighted by Gasteiger charge is -2.40. The first-order valence-corrected chi connectivity index (χ1v) is 6.62. The van der Waals surface area contributed by atoms with Crippen LogP contribution in [0, 0.1) is 12.8 Å². The van der Waals surface area contributed by atoms with Crippen LogP contribution in [0.1, 0.15) is 31.4 Å². The van der Waals surface area contributed by atoms with E-state index in [1.807, 2.05) is 4.90 Å². The lowest BCUT2D eigenvalue weighted by Crippen LogP contribution is -2.52. The molecule has 1 fully saturated rings. The molecule has 2 heterocycles. The molecule has 0 radical (unpaired) electrons. The van der Waals surface area contributed by atoms with Gasteiger partial charge in [-0.2, -0.15) is 13.2 Å². The van der Waals surface area contributed by atoms with E-state index in [4.69, 9.17) is 4.42 Å². The molecule has 4 nitrogen and oxygen atoms in total. The SMILES string of the molecule is Cc1nc(CN2CCC(C(C)(O)C(F)(F)F)CC2)co1. The highest BCUT2D eigenvalue weighted by molar-refractivity contribution is 4.97. The summed E-state index contributed by atoms with van der Waals surface area (Å²) < 4.78 is 43.4. The molecule has 1 saturated heterocycles. The van der Waals surface area contributed by atoms with Crippen LogP contribution in [0.4, 0.5) is 13.2 Å². The van der Waals surface area contributed by atoms with Gasteiger partial charge in [0, 0.05) is 13.5 Å². The molecule has 1 aliphatic heterocycles. The predicted octanol–water partition coefficient (Wildman–Crippen LogP) is 2.51. The van der Waals surface area contributed by atoms with E-state index >= 15 is 0 Å². The number of hydrogen-bond acceptors (Lipinski definition) is 4. The molecule has 0 amide bonds. The maximum atomic E-state index is 12.8. The maximum absolute atomic E-state index is 12.8. The van der Waals surface area contributed by atoms with Crippen LogP contribution in [0.3, 0.4) is 0 Å². The van der Waals surface area contributed by atoms with Crippen LogP contribution in [0.15, 0.2) is 10.7 Å². The third kappa shape index (κ3) is 3.15. The second kappa shape index (κ2) is 5.37. The summed E-state index contributed by atoms with van der Waals surface area (Å²) in [4.78, 5) is 6.20. The van der Waals surface area contributed by atoms with Crippen LogP contribution in [0.5, 0.6) is 0 Å². The van der Waals surface area contributed by atoms with E-state index in [1.165, 1.54) is 0 Å². The van der Waals surface area contributed by atoms with Crippen molar-refractivity contribution in [2.24, 2.45) is 5.92 Å². The van der Waals surface area contributed by atoms with E-state index < -0.39 is 17.7 Å². The number of piperidine rings is 1. The third-order valence-electron chi connectivity index (χ3n) is 4.01. The highest BCUT2D eigenvalue weighted by Crippen LogP contribution is 2.40. The normalized spacial score (nSPS) is 21.9. The Labute approximate surface area is 115 Å². The summed E-state index contributed by atoms with van der Waals surface area (Å²) in [6, 6.07) is 0. The fourth-order valence-corrected chi connectivity index (χ4v) is 2.59. The van der Waals surface area contributed by atoms with Crippen molar-refractivity contribution in [1.29, 1.82) is 0 Å². The first-order valence-electron chi connectivity index (χ1n) is 6.62. The quantitative estimate of drug-likeness (QED) is 0.930. The topological polar surface area (TPSA) is 49.5 Å². The molecule has 7 heteroatoms. The van der Waals surface area contributed by atoms with Gasteiger partial charge < -0.3 is 9.52 Å². The molecule has 1 N–H and O–H groups in total. The number of rotatable bonds is 3. The smallest absolute Gasteiger partial charge is 0.417 e. The molecular weight excluding hydrogens is 273 g/mol. The fourth-order valence-electron chi connectivity index (χ4n) is 2.59. The van der Waals surface area contributed by atoms with Gasteiger partial charge in [-0.05, 0) is 38.8 Å². The Morgan fingerprint density at radius 3 is 2.45 bits per heavy atom. The minimum Gasteiger partial charge on any atom is -0.449 e. The van der Waals surface area contributed by atoms with E-state index in [1.54, 1.807) is 13.2 Å². The molecule has 1 unspecified atom stereocenters. The van der Waals surface area contributed by atoms with Crippen molar-refractivity contribution in [2.45, 2.75) is 45.0 Å². The molecule has 114 valence electrons. The average molecular weight is 292 g/mol. The Morgan fingerprint density at radius 1 is 1.40 bits per heavy atom. The minimum atomic E-state index is -4.58. The van der Waals surface area contributed by atoms with Crippen LogP contribution in [0.2, 0.25) is 0 Å². The van der Waals surface area contributed by atoms with Crippen molar-refractivity contribution < 1.29 is 22.7 Å². The van der Waals surface area contributed by atoms with Crippen LogP contribution in [-0.4, -0.2) is 39.9 Å². The number of likely N-dealkylation sites (tertiary alicyclic amines) is 1. The zero-order valence-corrected chi connectivity index (χ0v) is 11.6. The number of alkyl halides is 3. The molecule has 0 bridgehead atoms. The standard InChI is InChI=1S/C13H19F3N2O2/c1-9-17-11(8-20-9)7-18-5-3-10(4-6-18)12(2,19)13(14,15)16/h8,10,19H,3-7H2,1-2H3. The number of aromatic nitrogens is 1. The van der Waals surface area contributed by atoms with Gasteiger partial charge in [0.1, 0.15) is 6.26 Å². The van der Waals surface area contributed by atoms with Crippen molar-refractivity contribution in [3.05, 3.63) is 17.8 Å². The van der Waals surface area contributed by atoms with Crippen LogP contribution in [0.25, 0.3) is 0 Å². The summed E-state index contributed by atoms with van der Waals surface area (Å²) in [5, 5.41) is 9.68. The lowest BCUT2D eigenvalue weighted by molar-refractivity contribution is -0.275. The van der Waals surface area contributed by atoms with Gasteiger partial charge in [-0.1, -0.05) is 0 Å². The number of aliphatic hydroxyl groups is 1. The summed E-state index contributed by atoms with van der Waals surface area (Å²) in [6.45, 7) is 4.22. The van der Waals surface area contributed by atoms with Crippen LogP contribution in [-0.2, 0) is 6.54 Å². The van der Waals surface area contributed by atoms with Gasteiger partial charge in [0.25, 0.3) is 0 Å². The molecule has 0 aliphatic carbocycles. The lowest BCUT2D eigenvalue weighted by atomic mass is 9.81. The molecule has 1 aromatic heterocycles. The molecular formula is C13H19F3N2O2. The highest BCUT2D eigenvalue weighted by atomic mass is 19.4. The zero-order chi connectivity index (χ0) is 15.0. The van der Waals surface area contributed by atoms with Crippen LogP contribution < -0.4 is 0 Å². The molecule has 0 aromatic carbocycles. The van der Waals surface area contributed by atoms with Crippen molar-refractivity contribution in [2.75, 3.05) is 13.1 Å². The van der Waals surface area contributed by atoms with Gasteiger partial charge in [0.2, 0.25) is 0 Å². The van der Waals surface area contributed by atoms with Gasteiger partial charge in [0.05, 0.1) is 5.69 Å². The highest BCUT2D eigenvalue weighted by Gasteiger charge is 2.54. The third-order valence-corrected chi connectivity index (χ3v) is 4.01. The Balaban J connectivity index is 1.89. The molecule has 1 aliphatic rings. The number of hydrogen-bond donors (Lipinski definition) is 1. The van der Waals surface area contributed by atoms with Crippen molar-refractivity contribution >= 4 is 0 Å². The van der Waals surface area contributed by atoms with Crippen LogP contribution >= 0.6 is 0 Å². The monoisotopic (exact) mass is 292 g/mol. The van der Waals surface area contributed by atoms with E-state index in [2.05, 4.69) is 4.98 Å². The molecule has 0 spiro atoms. The van der Waals surface area contributed by atoms with Crippen molar-refractivity contribution in [1.82, 2.24) is 9.88 Å². The molecule has 1 aromatic rings. The Morgan fingerprint density at radius 2 is 2.00 bits per heavy atom. The summed E-state index contributed by atoms with van der Waals surface area (Å²) in [7, 11) is 0. The van der Waals surface area contributed by atoms with E-state index in [0.717, 1.165) is 12.6 Å². The molecule has 20 heavy (non-hydrogen) atoms. The second-order valence-corrected chi connectivity index (χ2v) is 5.55. The Bertz CT molecular complexity index is 449. The first-order chi connectivity index (χ1) is 9.20. The summed E-state index contributed by atoms with van der Waals surface area (Å²) >= 11 is 0.